The van der Waals surface area contributed by atoms with Gasteiger partial charge in [-0.25, -0.2) is 15.0 Å². The zero-order chi connectivity index (χ0) is 24.0. The van der Waals surface area contributed by atoms with Gasteiger partial charge in [-0.15, -0.1) is 0 Å². The number of carbonyl (C=O) groups is 1. The molecule has 13 nitrogen and oxygen atoms in total. The molecule has 1 saturated heterocycles. The monoisotopic (exact) mass is 467 g/mol. The Bertz CT molecular complexity index is 912. The third-order valence-corrected chi connectivity index (χ3v) is 5.88. The summed E-state index contributed by atoms with van der Waals surface area (Å²) >= 11 is 0. The van der Waals surface area contributed by atoms with Crippen molar-refractivity contribution in [2.24, 2.45) is 5.73 Å². The Balaban J connectivity index is 1.66. The van der Waals surface area contributed by atoms with Crippen LogP contribution in [-0.2, 0) is 9.53 Å². The highest BCUT2D eigenvalue weighted by atomic mass is 16.6. The lowest BCUT2D eigenvalue weighted by Gasteiger charge is -2.27. The van der Waals surface area contributed by atoms with Crippen molar-refractivity contribution in [3.8, 4) is 0 Å². The number of fused-ring (bicyclic) bond motifs is 1. The van der Waals surface area contributed by atoms with Crippen LogP contribution in [-0.4, -0.2) is 101 Å². The number of nitrogens with two attached hydrogens (primary N) is 2. The fourth-order valence-corrected chi connectivity index (χ4v) is 4.00. The van der Waals surface area contributed by atoms with Gasteiger partial charge in [0.15, 0.2) is 17.7 Å². The van der Waals surface area contributed by atoms with Gasteiger partial charge in [0.25, 0.3) is 0 Å². The molecule has 3 heterocycles. The summed E-state index contributed by atoms with van der Waals surface area (Å²) < 4.78 is 7.55. The summed E-state index contributed by atoms with van der Waals surface area (Å²) in [7, 11) is 0. The number of unbranched alkanes of at least 4 members (excludes halogenated alkanes) is 2. The van der Waals surface area contributed by atoms with Crippen molar-refractivity contribution in [2.75, 3.05) is 32.0 Å². The van der Waals surface area contributed by atoms with E-state index in [9.17, 15) is 15.0 Å². The molecule has 1 aliphatic heterocycles. The topological polar surface area (TPSA) is 206 Å². The summed E-state index contributed by atoms with van der Waals surface area (Å²) in [5.74, 6) is -0.834. The number of nitrogens with zero attached hydrogens (tertiary/aromatic N) is 5. The van der Waals surface area contributed by atoms with E-state index in [0.29, 0.717) is 50.1 Å². The smallest absolute Gasteiger partial charge is 0.320 e. The van der Waals surface area contributed by atoms with Crippen LogP contribution in [0.25, 0.3) is 11.2 Å². The lowest BCUT2D eigenvalue weighted by Crippen LogP contribution is -2.41. The summed E-state index contributed by atoms with van der Waals surface area (Å²) in [5, 5.41) is 39.3. The van der Waals surface area contributed by atoms with Crippen molar-refractivity contribution in [3.63, 3.8) is 0 Å². The van der Waals surface area contributed by atoms with Gasteiger partial charge in [-0.2, -0.15) is 0 Å². The van der Waals surface area contributed by atoms with E-state index in [4.69, 9.17) is 26.4 Å². The Hall–Kier alpha value is -2.42. The van der Waals surface area contributed by atoms with Gasteiger partial charge in [0.1, 0.15) is 36.2 Å². The number of hydrogen-bond acceptors (Lipinski definition) is 11. The molecule has 0 unspecified atom stereocenters. The molecule has 2 aromatic rings. The summed E-state index contributed by atoms with van der Waals surface area (Å²) in [6, 6.07) is -0.926. The van der Waals surface area contributed by atoms with Crippen LogP contribution in [0.2, 0.25) is 0 Å². The zero-order valence-electron chi connectivity index (χ0n) is 18.4. The van der Waals surface area contributed by atoms with Crippen LogP contribution in [0.15, 0.2) is 12.7 Å². The summed E-state index contributed by atoms with van der Waals surface area (Å²) in [6.07, 6.45) is 2.03. The van der Waals surface area contributed by atoms with E-state index in [-0.39, 0.29) is 12.4 Å². The predicted molar refractivity (Wildman–Crippen MR) is 118 cm³/mol. The molecule has 3 rings (SSSR count). The first-order valence-corrected chi connectivity index (χ1v) is 11.1. The Morgan fingerprint density at radius 3 is 2.64 bits per heavy atom. The largest absolute Gasteiger partial charge is 0.480 e. The average Bonchev–Trinajstić information content (AvgIpc) is 3.33. The minimum Gasteiger partial charge on any atom is -0.480 e. The number of carboxylic acids is 1. The quantitative estimate of drug-likeness (QED) is 0.190. The highest BCUT2D eigenvalue weighted by Crippen LogP contribution is 2.32. The molecule has 0 aliphatic carbocycles. The molecule has 0 spiro atoms. The first kappa shape index (κ1) is 25.2. The second-order valence-electron chi connectivity index (χ2n) is 8.30. The minimum absolute atomic E-state index is 0.124. The number of imidazole rings is 1. The summed E-state index contributed by atoms with van der Waals surface area (Å²) in [5.41, 5.74) is 12.2. The molecule has 0 amide bonds. The molecule has 0 bridgehead atoms. The second kappa shape index (κ2) is 11.6. The SMILES string of the molecule is Nc1ncnc2c1ncn2[C@@H]1O[C@H](CN(CCCCCO)CCC[C@@H](N)C(=O)O)[C@@H](O)[C@H]1O. The molecule has 1 aliphatic rings. The van der Waals surface area contributed by atoms with Crippen LogP contribution in [0.5, 0.6) is 0 Å². The van der Waals surface area contributed by atoms with Crippen LogP contribution in [0.4, 0.5) is 5.82 Å². The van der Waals surface area contributed by atoms with E-state index in [1.54, 1.807) is 0 Å². The van der Waals surface area contributed by atoms with E-state index in [1.165, 1.54) is 17.2 Å². The maximum Gasteiger partial charge on any atom is 0.320 e. The second-order valence-corrected chi connectivity index (χ2v) is 8.30. The molecule has 0 radical (unpaired) electrons. The Morgan fingerprint density at radius 2 is 1.91 bits per heavy atom. The van der Waals surface area contributed by atoms with E-state index >= 15 is 0 Å². The van der Waals surface area contributed by atoms with Crippen molar-refractivity contribution in [1.29, 1.82) is 0 Å². The van der Waals surface area contributed by atoms with Gasteiger partial charge in [0, 0.05) is 13.2 Å². The van der Waals surface area contributed by atoms with E-state index in [2.05, 4.69) is 19.9 Å². The van der Waals surface area contributed by atoms with E-state index in [0.717, 1.165) is 12.8 Å². The fraction of sp³-hybridized carbons (Fsp3) is 0.700. The number of aliphatic hydroxyl groups is 3. The maximum absolute atomic E-state index is 11.0. The van der Waals surface area contributed by atoms with Crippen molar-refractivity contribution in [2.45, 2.75) is 62.7 Å². The van der Waals surface area contributed by atoms with Gasteiger partial charge in [0.2, 0.25) is 0 Å². The van der Waals surface area contributed by atoms with Crippen molar-refractivity contribution in [1.82, 2.24) is 24.4 Å². The standard InChI is InChI=1S/C20H33N7O6/c21-12(20(31)32)5-4-7-26(6-2-1-3-8-28)9-13-15(29)16(30)19(33-13)27-11-25-14-17(22)23-10-24-18(14)27/h10-13,15-16,19,28-30H,1-9,21H2,(H,31,32)(H2,22,23,24)/t12-,13-,15-,16-,19-/m1/s1. The Kier molecular flexibility index (Phi) is 8.88. The lowest BCUT2D eigenvalue weighted by molar-refractivity contribution is -0.138. The van der Waals surface area contributed by atoms with Crippen LogP contribution in [0.1, 0.15) is 38.3 Å². The predicted octanol–water partition coefficient (Wildman–Crippen LogP) is -1.32. The van der Waals surface area contributed by atoms with Crippen molar-refractivity contribution >= 4 is 23.0 Å². The molecule has 0 aromatic carbocycles. The summed E-state index contributed by atoms with van der Waals surface area (Å²) in [6.45, 7) is 1.69. The van der Waals surface area contributed by atoms with Crippen LogP contribution in [0.3, 0.4) is 0 Å². The lowest BCUT2D eigenvalue weighted by atomic mass is 10.1. The van der Waals surface area contributed by atoms with Crippen LogP contribution < -0.4 is 11.5 Å². The number of aliphatic carboxylic acids is 1. The van der Waals surface area contributed by atoms with E-state index in [1.807, 2.05) is 0 Å². The Morgan fingerprint density at radius 1 is 1.15 bits per heavy atom. The van der Waals surface area contributed by atoms with E-state index < -0.39 is 36.6 Å². The third kappa shape index (κ3) is 6.13. The van der Waals surface area contributed by atoms with Gasteiger partial charge < -0.3 is 41.5 Å². The highest BCUT2D eigenvalue weighted by molar-refractivity contribution is 5.81. The number of ether oxygens (including phenoxy) is 1. The third-order valence-electron chi connectivity index (χ3n) is 5.88. The minimum atomic E-state index is -1.21. The molecule has 2 aromatic heterocycles. The number of anilines is 1. The fourth-order valence-electron chi connectivity index (χ4n) is 4.00. The Labute approximate surface area is 191 Å². The molecule has 0 saturated carbocycles. The molecule has 1 fully saturated rings. The van der Waals surface area contributed by atoms with Gasteiger partial charge in [-0.1, -0.05) is 0 Å². The van der Waals surface area contributed by atoms with Gasteiger partial charge in [-0.3, -0.25) is 9.36 Å². The normalized spacial score (nSPS) is 24.0. The maximum atomic E-state index is 11.0. The zero-order valence-corrected chi connectivity index (χ0v) is 18.4. The first-order valence-electron chi connectivity index (χ1n) is 11.1. The number of carboxylic acid groups (broad SMARTS) is 1. The highest BCUT2D eigenvalue weighted by Gasteiger charge is 2.44. The molecule has 184 valence electrons. The van der Waals surface area contributed by atoms with Crippen molar-refractivity contribution < 1.29 is 30.0 Å². The molecular weight excluding hydrogens is 434 g/mol. The number of nitrogen functional groups attached to an aromatic ring is 1. The van der Waals surface area contributed by atoms with Crippen molar-refractivity contribution in [3.05, 3.63) is 12.7 Å². The van der Waals surface area contributed by atoms with Gasteiger partial charge in [0.05, 0.1) is 6.33 Å². The van der Waals surface area contributed by atoms with Crippen LogP contribution >= 0.6 is 0 Å². The molecular formula is C20H33N7O6. The van der Waals surface area contributed by atoms with Crippen LogP contribution in [0, 0.1) is 0 Å². The summed E-state index contributed by atoms with van der Waals surface area (Å²) in [4.78, 5) is 25.3. The number of hydrogen-bond donors (Lipinski definition) is 6. The molecule has 33 heavy (non-hydrogen) atoms. The van der Waals surface area contributed by atoms with Gasteiger partial charge >= 0.3 is 5.97 Å². The van der Waals surface area contributed by atoms with Gasteiger partial charge in [-0.05, 0) is 45.2 Å². The number of aromatic nitrogens is 4. The first-order chi connectivity index (χ1) is 15.8. The molecule has 13 heteroatoms. The number of rotatable bonds is 13. The molecule has 8 N–H and O–H groups in total. The average molecular weight is 468 g/mol. The number of aliphatic hydroxyl groups excluding tert-OH is 3. The molecule has 5 atom stereocenters.